The Morgan fingerprint density at radius 2 is 1.82 bits per heavy atom. The lowest BCUT2D eigenvalue weighted by Gasteiger charge is -2.35. The standard InChI is InChI=1S/C24H30O10/c1-31-19-9-13(4-5-18(19)33-24-21(30)20(29)17(28)11-32-24)22-15(10-26)14-7-12(3-2-6-25)8-16(27)23(14)34-22/h4-5,7-9,15,17,20-22,24-30H,2-3,6,10-11H2,1H3/t15-,17+,20-,21+,22-,24-/m0/s1. The minimum atomic E-state index is -1.46. The molecule has 2 aromatic rings. The molecule has 6 N–H and O–H groups in total. The molecule has 4 rings (SSSR count). The third-order valence-corrected chi connectivity index (χ3v) is 6.20. The SMILES string of the molecule is COc1cc([C@@H]2Oc3c(O)cc(CCCO)cc3[C@@H]2CO)ccc1O[C@@H]1OC[C@@H](O)[C@H](O)[C@H]1O. The quantitative estimate of drug-likeness (QED) is 0.313. The molecule has 186 valence electrons. The number of fused-ring (bicyclic) bond motifs is 1. The minimum Gasteiger partial charge on any atom is -0.504 e. The maximum Gasteiger partial charge on any atom is 0.229 e. The van der Waals surface area contributed by atoms with Crippen molar-refractivity contribution in [3.05, 3.63) is 47.0 Å². The maximum absolute atomic E-state index is 10.5. The monoisotopic (exact) mass is 478 g/mol. The molecular formula is C24H30O10. The van der Waals surface area contributed by atoms with Crippen LogP contribution >= 0.6 is 0 Å². The number of aliphatic hydroxyl groups is 5. The van der Waals surface area contributed by atoms with Crippen molar-refractivity contribution in [2.45, 2.75) is 49.5 Å². The Kier molecular flexibility index (Phi) is 7.46. The normalized spacial score (nSPS) is 28.3. The second-order valence-electron chi connectivity index (χ2n) is 8.47. The van der Waals surface area contributed by atoms with Gasteiger partial charge in [-0.15, -0.1) is 0 Å². The van der Waals surface area contributed by atoms with Gasteiger partial charge in [-0.1, -0.05) is 12.1 Å². The number of methoxy groups -OCH3 is 1. The van der Waals surface area contributed by atoms with Gasteiger partial charge in [0, 0.05) is 12.2 Å². The van der Waals surface area contributed by atoms with Crippen molar-refractivity contribution in [3.8, 4) is 23.0 Å². The molecule has 34 heavy (non-hydrogen) atoms. The average Bonchev–Trinajstić information content (AvgIpc) is 3.22. The zero-order valence-electron chi connectivity index (χ0n) is 18.7. The summed E-state index contributed by atoms with van der Waals surface area (Å²) in [6.07, 6.45) is -4.74. The topological polar surface area (TPSA) is 158 Å². The first kappa shape index (κ1) is 24.5. The van der Waals surface area contributed by atoms with Crippen LogP contribution in [0.3, 0.4) is 0 Å². The van der Waals surface area contributed by atoms with E-state index in [1.165, 1.54) is 7.11 Å². The van der Waals surface area contributed by atoms with Gasteiger partial charge in [0.05, 0.1) is 26.2 Å². The van der Waals surface area contributed by atoms with Crippen LogP contribution in [0.2, 0.25) is 0 Å². The van der Waals surface area contributed by atoms with Crippen molar-refractivity contribution in [2.75, 3.05) is 26.9 Å². The molecule has 2 heterocycles. The Balaban J connectivity index is 1.57. The summed E-state index contributed by atoms with van der Waals surface area (Å²) >= 11 is 0. The Bertz CT molecular complexity index is 996. The van der Waals surface area contributed by atoms with E-state index in [0.29, 0.717) is 35.5 Å². The van der Waals surface area contributed by atoms with E-state index >= 15 is 0 Å². The fourth-order valence-corrected chi connectivity index (χ4v) is 4.36. The molecule has 2 aliphatic rings. The molecule has 0 unspecified atom stereocenters. The van der Waals surface area contributed by atoms with Crippen molar-refractivity contribution in [1.29, 1.82) is 0 Å². The van der Waals surface area contributed by atoms with Gasteiger partial charge in [-0.3, -0.25) is 0 Å². The summed E-state index contributed by atoms with van der Waals surface area (Å²) in [4.78, 5) is 0. The lowest BCUT2D eigenvalue weighted by molar-refractivity contribution is -0.242. The zero-order chi connectivity index (χ0) is 24.4. The van der Waals surface area contributed by atoms with E-state index in [9.17, 15) is 25.5 Å². The Morgan fingerprint density at radius 3 is 2.53 bits per heavy atom. The van der Waals surface area contributed by atoms with Gasteiger partial charge in [0.1, 0.15) is 24.4 Å². The lowest BCUT2D eigenvalue weighted by Crippen LogP contribution is -2.54. The second kappa shape index (κ2) is 10.3. The summed E-state index contributed by atoms with van der Waals surface area (Å²) < 4.78 is 22.5. The number of hydrogen-bond donors (Lipinski definition) is 6. The fourth-order valence-electron chi connectivity index (χ4n) is 4.36. The molecule has 0 aliphatic carbocycles. The van der Waals surface area contributed by atoms with Gasteiger partial charge in [-0.25, -0.2) is 0 Å². The number of rotatable bonds is 8. The first-order valence-electron chi connectivity index (χ1n) is 11.1. The number of phenols is 1. The van der Waals surface area contributed by atoms with Gasteiger partial charge >= 0.3 is 0 Å². The van der Waals surface area contributed by atoms with E-state index in [1.54, 1.807) is 24.3 Å². The van der Waals surface area contributed by atoms with Gasteiger partial charge in [-0.05, 0) is 42.2 Å². The van der Waals surface area contributed by atoms with Gasteiger partial charge in [0.25, 0.3) is 0 Å². The largest absolute Gasteiger partial charge is 0.504 e. The molecule has 0 aromatic heterocycles. The van der Waals surface area contributed by atoms with Gasteiger partial charge in [0.2, 0.25) is 6.29 Å². The van der Waals surface area contributed by atoms with Crippen molar-refractivity contribution < 1.29 is 49.6 Å². The van der Waals surface area contributed by atoms with Crippen molar-refractivity contribution in [1.82, 2.24) is 0 Å². The number of aliphatic hydroxyl groups excluding tert-OH is 5. The van der Waals surface area contributed by atoms with Crippen molar-refractivity contribution >= 4 is 0 Å². The first-order valence-corrected chi connectivity index (χ1v) is 11.1. The summed E-state index contributed by atoms with van der Waals surface area (Å²) in [6.45, 7) is -0.375. The van der Waals surface area contributed by atoms with Crippen LogP contribution in [0.15, 0.2) is 30.3 Å². The molecule has 2 aromatic carbocycles. The van der Waals surface area contributed by atoms with Crippen LogP contribution in [0.4, 0.5) is 0 Å². The van der Waals surface area contributed by atoms with Crippen LogP contribution in [0, 0.1) is 0 Å². The van der Waals surface area contributed by atoms with Crippen LogP contribution in [-0.2, 0) is 11.2 Å². The summed E-state index contributed by atoms with van der Waals surface area (Å²) in [5.74, 6) is 0.388. The maximum atomic E-state index is 10.5. The number of hydrogen-bond acceptors (Lipinski definition) is 10. The molecule has 1 fully saturated rings. The molecule has 0 amide bonds. The van der Waals surface area contributed by atoms with E-state index in [2.05, 4.69) is 0 Å². The summed E-state index contributed by atoms with van der Waals surface area (Å²) in [5.41, 5.74) is 2.19. The van der Waals surface area contributed by atoms with Crippen LogP contribution in [-0.4, -0.2) is 82.2 Å². The Morgan fingerprint density at radius 1 is 1.03 bits per heavy atom. The number of benzene rings is 2. The second-order valence-corrected chi connectivity index (χ2v) is 8.47. The summed E-state index contributed by atoms with van der Waals surface area (Å²) in [6, 6.07) is 8.44. The number of aryl methyl sites for hydroxylation is 1. The number of aromatic hydroxyl groups is 1. The van der Waals surface area contributed by atoms with Crippen molar-refractivity contribution in [2.24, 2.45) is 0 Å². The third kappa shape index (κ3) is 4.65. The highest BCUT2D eigenvalue weighted by molar-refractivity contribution is 5.55. The number of phenolic OH excluding ortho intramolecular Hbond substituents is 1. The molecule has 0 radical (unpaired) electrons. The van der Waals surface area contributed by atoms with Crippen LogP contribution in [0.25, 0.3) is 0 Å². The molecular weight excluding hydrogens is 448 g/mol. The highest BCUT2D eigenvalue weighted by atomic mass is 16.7. The van der Waals surface area contributed by atoms with Crippen molar-refractivity contribution in [3.63, 3.8) is 0 Å². The molecule has 0 spiro atoms. The lowest BCUT2D eigenvalue weighted by atomic mass is 9.90. The highest BCUT2D eigenvalue weighted by Gasteiger charge is 2.40. The summed E-state index contributed by atoms with van der Waals surface area (Å²) in [7, 11) is 1.44. The van der Waals surface area contributed by atoms with Crippen LogP contribution < -0.4 is 14.2 Å². The first-order chi connectivity index (χ1) is 16.4. The Labute approximate surface area is 196 Å². The smallest absolute Gasteiger partial charge is 0.229 e. The third-order valence-electron chi connectivity index (χ3n) is 6.20. The summed E-state index contributed by atoms with van der Waals surface area (Å²) in [5, 5.41) is 59.4. The Hall–Kier alpha value is -2.60. The predicted molar refractivity (Wildman–Crippen MR) is 118 cm³/mol. The van der Waals surface area contributed by atoms with Gasteiger partial charge in [-0.2, -0.15) is 0 Å². The van der Waals surface area contributed by atoms with Crippen LogP contribution in [0.1, 0.15) is 35.1 Å². The van der Waals surface area contributed by atoms with E-state index < -0.39 is 36.6 Å². The molecule has 10 heteroatoms. The molecule has 6 atom stereocenters. The molecule has 0 bridgehead atoms. The molecule has 10 nitrogen and oxygen atoms in total. The van der Waals surface area contributed by atoms with Crippen LogP contribution in [0.5, 0.6) is 23.0 Å². The van der Waals surface area contributed by atoms with E-state index in [-0.39, 0.29) is 31.3 Å². The van der Waals surface area contributed by atoms with E-state index in [0.717, 1.165) is 5.56 Å². The number of ether oxygens (including phenoxy) is 4. The molecule has 1 saturated heterocycles. The molecule has 0 saturated carbocycles. The fraction of sp³-hybridized carbons (Fsp3) is 0.500. The highest BCUT2D eigenvalue weighted by Crippen LogP contribution is 2.51. The average molecular weight is 478 g/mol. The van der Waals surface area contributed by atoms with Gasteiger partial charge in [0.15, 0.2) is 23.0 Å². The predicted octanol–water partition coefficient (Wildman–Crippen LogP) is 0.353. The zero-order valence-corrected chi connectivity index (χ0v) is 18.7. The van der Waals surface area contributed by atoms with Gasteiger partial charge < -0.3 is 49.6 Å². The minimum absolute atomic E-state index is 0.0255. The van der Waals surface area contributed by atoms with E-state index in [1.807, 2.05) is 6.07 Å². The van der Waals surface area contributed by atoms with E-state index in [4.69, 9.17) is 24.1 Å². The molecule has 2 aliphatic heterocycles.